The second kappa shape index (κ2) is 51.7. The number of esters is 3. The molecule has 362 valence electrons. The van der Waals surface area contributed by atoms with Crippen LogP contribution in [0.4, 0.5) is 0 Å². The van der Waals surface area contributed by atoms with Crippen molar-refractivity contribution in [1.82, 2.24) is 0 Å². The van der Waals surface area contributed by atoms with Gasteiger partial charge in [-0.25, -0.2) is 0 Å². The van der Waals surface area contributed by atoms with Crippen LogP contribution < -0.4 is 0 Å². The molecule has 0 N–H and O–H groups in total. The van der Waals surface area contributed by atoms with E-state index < -0.39 is 6.10 Å². The molecule has 6 heteroatoms. The first-order valence-electron chi connectivity index (χ1n) is 26.0. The number of rotatable bonds is 45. The molecule has 0 aliphatic carbocycles. The Labute approximate surface area is 393 Å². The van der Waals surface area contributed by atoms with Crippen molar-refractivity contribution in [2.75, 3.05) is 13.2 Å². The fourth-order valence-electron chi connectivity index (χ4n) is 6.77. The molecule has 0 fully saturated rings. The second-order valence-corrected chi connectivity index (χ2v) is 16.8. The van der Waals surface area contributed by atoms with Gasteiger partial charge in [-0.1, -0.05) is 220 Å². The van der Waals surface area contributed by atoms with Crippen molar-refractivity contribution in [3.63, 3.8) is 0 Å². The molecule has 0 aromatic heterocycles. The van der Waals surface area contributed by atoms with Gasteiger partial charge in [-0.3, -0.25) is 14.4 Å². The first kappa shape index (κ1) is 60.1. The van der Waals surface area contributed by atoms with Gasteiger partial charge in [0.05, 0.1) is 0 Å². The number of hydrogen-bond donors (Lipinski definition) is 0. The number of unbranched alkanes of at least 4 members (excludes halogenated alkanes) is 20. The SMILES string of the molecule is CC\C=C/C=C\C=C/C=C\C=C/CCCC(=O)OCC(COC(=O)CCCCCCCCCCC/C=C\C/C=C\C/C=C\CC)OC(=O)CCCCC/C=C\CCCCCCCCC. The van der Waals surface area contributed by atoms with Crippen LogP contribution in [0.3, 0.4) is 0 Å². The van der Waals surface area contributed by atoms with Gasteiger partial charge in [-0.15, -0.1) is 0 Å². The lowest BCUT2D eigenvalue weighted by atomic mass is 10.1. The predicted molar refractivity (Wildman–Crippen MR) is 274 cm³/mol. The van der Waals surface area contributed by atoms with Crippen LogP contribution in [0.5, 0.6) is 0 Å². The van der Waals surface area contributed by atoms with E-state index in [1.807, 2.05) is 54.7 Å². The lowest BCUT2D eigenvalue weighted by Gasteiger charge is -2.18. The summed E-state index contributed by atoms with van der Waals surface area (Å²) in [6.07, 6.45) is 69.4. The van der Waals surface area contributed by atoms with E-state index in [1.165, 1.54) is 83.5 Å². The first-order valence-corrected chi connectivity index (χ1v) is 26.0. The van der Waals surface area contributed by atoms with Gasteiger partial charge in [0.1, 0.15) is 13.2 Å². The number of hydrogen-bond acceptors (Lipinski definition) is 6. The van der Waals surface area contributed by atoms with Gasteiger partial charge in [0, 0.05) is 19.3 Å². The summed E-state index contributed by atoms with van der Waals surface area (Å²) in [6, 6.07) is 0. The van der Waals surface area contributed by atoms with Gasteiger partial charge in [0.2, 0.25) is 0 Å². The van der Waals surface area contributed by atoms with Crippen molar-refractivity contribution in [1.29, 1.82) is 0 Å². The summed E-state index contributed by atoms with van der Waals surface area (Å²) in [6.45, 7) is 6.29. The van der Waals surface area contributed by atoms with Gasteiger partial charge < -0.3 is 14.2 Å². The molecular weight excluding hydrogens is 793 g/mol. The van der Waals surface area contributed by atoms with Gasteiger partial charge in [0.15, 0.2) is 6.10 Å². The van der Waals surface area contributed by atoms with Gasteiger partial charge in [-0.2, -0.15) is 0 Å². The summed E-state index contributed by atoms with van der Waals surface area (Å²) in [7, 11) is 0. The highest BCUT2D eigenvalue weighted by Gasteiger charge is 2.19. The Morgan fingerprint density at radius 1 is 0.344 bits per heavy atom. The van der Waals surface area contributed by atoms with Crippen molar-refractivity contribution < 1.29 is 28.6 Å². The summed E-state index contributed by atoms with van der Waals surface area (Å²) in [5, 5.41) is 0. The lowest BCUT2D eigenvalue weighted by Crippen LogP contribution is -2.30. The molecule has 0 aromatic carbocycles. The summed E-state index contributed by atoms with van der Waals surface area (Å²) in [5.41, 5.74) is 0. The molecule has 1 atom stereocenters. The molecule has 0 rings (SSSR count). The van der Waals surface area contributed by atoms with Gasteiger partial charge in [0.25, 0.3) is 0 Å². The molecule has 0 spiro atoms. The average molecular weight is 887 g/mol. The van der Waals surface area contributed by atoms with Crippen LogP contribution in [0.2, 0.25) is 0 Å². The minimum Gasteiger partial charge on any atom is -0.462 e. The van der Waals surface area contributed by atoms with Gasteiger partial charge in [-0.05, 0) is 89.9 Å². The fraction of sp³-hybridized carbons (Fsp3) is 0.638. The highest BCUT2D eigenvalue weighted by molar-refractivity contribution is 5.71. The average Bonchev–Trinajstić information content (AvgIpc) is 3.29. The molecular formula is C58H94O6. The highest BCUT2D eigenvalue weighted by atomic mass is 16.6. The monoisotopic (exact) mass is 887 g/mol. The van der Waals surface area contributed by atoms with Crippen molar-refractivity contribution in [3.8, 4) is 0 Å². The third-order valence-electron chi connectivity index (χ3n) is 10.6. The largest absolute Gasteiger partial charge is 0.462 e. The third-order valence-corrected chi connectivity index (χ3v) is 10.6. The number of ether oxygens (including phenoxy) is 3. The molecule has 6 nitrogen and oxygen atoms in total. The van der Waals surface area contributed by atoms with Crippen molar-refractivity contribution >= 4 is 17.9 Å². The van der Waals surface area contributed by atoms with E-state index in [0.717, 1.165) is 89.9 Å². The highest BCUT2D eigenvalue weighted by Crippen LogP contribution is 2.14. The molecule has 1 unspecified atom stereocenters. The summed E-state index contributed by atoms with van der Waals surface area (Å²) in [5.74, 6) is -1.01. The Balaban J connectivity index is 4.48. The van der Waals surface area contributed by atoms with Crippen LogP contribution in [-0.2, 0) is 28.6 Å². The Morgan fingerprint density at radius 3 is 1.22 bits per heavy atom. The molecule has 0 aliphatic rings. The Kier molecular flexibility index (Phi) is 48.5. The van der Waals surface area contributed by atoms with Crippen LogP contribution in [0.25, 0.3) is 0 Å². The van der Waals surface area contributed by atoms with Gasteiger partial charge >= 0.3 is 17.9 Å². The normalized spacial score (nSPS) is 13.0. The van der Waals surface area contributed by atoms with E-state index >= 15 is 0 Å². The molecule has 0 saturated carbocycles. The quantitative estimate of drug-likeness (QED) is 0.0199. The van der Waals surface area contributed by atoms with Crippen LogP contribution >= 0.6 is 0 Å². The zero-order valence-electron chi connectivity index (χ0n) is 41.3. The van der Waals surface area contributed by atoms with E-state index in [9.17, 15) is 14.4 Å². The number of carbonyl (C=O) groups excluding carboxylic acids is 3. The molecule has 0 heterocycles. The maximum Gasteiger partial charge on any atom is 0.306 e. The number of carbonyl (C=O) groups is 3. The Hall–Kier alpha value is -3.93. The maximum atomic E-state index is 12.8. The van der Waals surface area contributed by atoms with E-state index in [2.05, 4.69) is 75.5 Å². The molecule has 0 amide bonds. The van der Waals surface area contributed by atoms with Crippen molar-refractivity contribution in [2.24, 2.45) is 0 Å². The van der Waals surface area contributed by atoms with Crippen molar-refractivity contribution in [2.45, 2.75) is 226 Å². The first-order chi connectivity index (χ1) is 31.5. The molecule has 64 heavy (non-hydrogen) atoms. The van der Waals surface area contributed by atoms with E-state index in [1.54, 1.807) is 0 Å². The van der Waals surface area contributed by atoms with E-state index in [0.29, 0.717) is 12.8 Å². The van der Waals surface area contributed by atoms with E-state index in [-0.39, 0.29) is 44.0 Å². The van der Waals surface area contributed by atoms with Crippen LogP contribution in [0.15, 0.2) is 109 Å². The smallest absolute Gasteiger partial charge is 0.306 e. The minimum absolute atomic E-state index is 0.111. The maximum absolute atomic E-state index is 12.8. The zero-order chi connectivity index (χ0) is 46.5. The third kappa shape index (κ3) is 49.1. The molecule has 0 aliphatic heterocycles. The Bertz CT molecular complexity index is 1340. The predicted octanol–water partition coefficient (Wildman–Crippen LogP) is 17.1. The molecule has 0 aromatic rings. The molecule has 0 bridgehead atoms. The summed E-state index contributed by atoms with van der Waals surface area (Å²) < 4.78 is 16.7. The fourth-order valence-corrected chi connectivity index (χ4v) is 6.77. The zero-order valence-corrected chi connectivity index (χ0v) is 41.3. The van der Waals surface area contributed by atoms with Crippen LogP contribution in [0, 0.1) is 0 Å². The standard InChI is InChI=1S/C58H94O6/c1-4-7-10-13-16-19-22-25-27-28-29-30-31-34-36-39-42-45-48-51-57(60)63-54-55(53-62-56(59)50-47-44-41-38-35-32-24-21-18-15-12-9-6-3)64-58(61)52-49-46-43-40-37-33-26-23-20-17-14-11-8-5-2/h7,9-10,12,15-16,18-19,21,24-25,27,32-33,35,37-38,41,55H,4-6,8,11,13-14,17,20,22-23,26,28-31,34,36,39-40,42-54H2,1-3H3/b10-7-,12-9-,18-15-,19-16-,24-21-,27-25-,35-32-,37-33-,41-38-. The topological polar surface area (TPSA) is 78.9 Å². The molecule has 0 radical (unpaired) electrons. The van der Waals surface area contributed by atoms with Crippen LogP contribution in [0.1, 0.15) is 220 Å². The van der Waals surface area contributed by atoms with Crippen molar-refractivity contribution in [3.05, 3.63) is 109 Å². The minimum atomic E-state index is -0.818. The lowest BCUT2D eigenvalue weighted by molar-refractivity contribution is -0.167. The summed E-state index contributed by atoms with van der Waals surface area (Å²) >= 11 is 0. The van der Waals surface area contributed by atoms with E-state index in [4.69, 9.17) is 14.2 Å². The van der Waals surface area contributed by atoms with Crippen LogP contribution in [-0.4, -0.2) is 37.2 Å². The second-order valence-electron chi connectivity index (χ2n) is 16.8. The Morgan fingerprint density at radius 2 is 0.703 bits per heavy atom. The number of allylic oxidation sites excluding steroid dienone is 18. The molecule has 0 saturated heterocycles. The summed E-state index contributed by atoms with van der Waals surface area (Å²) in [4.78, 5) is 37.9.